The molecule has 1 aromatic carbocycles. The van der Waals surface area contributed by atoms with Crippen LogP contribution in [0.2, 0.25) is 0 Å². The number of anilines is 1. The van der Waals surface area contributed by atoms with Crippen LogP contribution in [0, 0.1) is 5.82 Å². The topological polar surface area (TPSA) is 87.5 Å². The van der Waals surface area contributed by atoms with E-state index in [4.69, 9.17) is 4.42 Å². The highest BCUT2D eigenvalue weighted by molar-refractivity contribution is 5.92. The van der Waals surface area contributed by atoms with Crippen LogP contribution in [-0.4, -0.2) is 33.9 Å². The summed E-state index contributed by atoms with van der Waals surface area (Å²) in [5.41, 5.74) is 0.331. The first kappa shape index (κ1) is 16.6. The average molecular weight is 358 g/mol. The Morgan fingerprint density at radius 3 is 2.69 bits per heavy atom. The fourth-order valence-electron chi connectivity index (χ4n) is 2.62. The summed E-state index contributed by atoms with van der Waals surface area (Å²) in [7, 11) is 0. The predicted molar refractivity (Wildman–Crippen MR) is 91.0 cm³/mol. The summed E-state index contributed by atoms with van der Waals surface area (Å²) in [4.78, 5) is 30.3. The van der Waals surface area contributed by atoms with Crippen LogP contribution in [0.5, 0.6) is 0 Å². The highest BCUT2D eigenvalue weighted by atomic mass is 19.1. The molecule has 4 rings (SSSR count). The van der Waals surface area contributed by atoms with Gasteiger partial charge in [-0.2, -0.15) is 0 Å². The molecule has 2 N–H and O–H groups in total. The summed E-state index contributed by atoms with van der Waals surface area (Å²) in [5.74, 6) is -0.482. The molecule has 0 radical (unpaired) electrons. The molecule has 2 aliphatic carbocycles. The number of aromatic nitrogens is 1. The van der Waals surface area contributed by atoms with Crippen LogP contribution in [0.3, 0.4) is 0 Å². The Morgan fingerprint density at radius 2 is 2.00 bits per heavy atom. The minimum Gasteiger partial charge on any atom is -0.446 e. The van der Waals surface area contributed by atoms with Crippen LogP contribution < -0.4 is 10.6 Å². The van der Waals surface area contributed by atoms with E-state index in [2.05, 4.69) is 15.6 Å². The van der Waals surface area contributed by atoms with E-state index in [1.165, 1.54) is 18.4 Å². The number of hydrogen-bond donors (Lipinski definition) is 2. The number of nitrogens with zero attached hydrogens (tertiary/aromatic N) is 2. The summed E-state index contributed by atoms with van der Waals surface area (Å²) < 4.78 is 19.1. The van der Waals surface area contributed by atoms with Crippen molar-refractivity contribution in [1.82, 2.24) is 15.2 Å². The molecule has 0 aliphatic heterocycles. The number of nitrogens with one attached hydrogen (secondary N) is 2. The molecule has 136 valence electrons. The van der Waals surface area contributed by atoms with Crippen LogP contribution in [0.15, 0.2) is 34.9 Å². The van der Waals surface area contributed by atoms with E-state index in [0.29, 0.717) is 0 Å². The molecule has 7 nitrogen and oxygen atoms in total. The van der Waals surface area contributed by atoms with Crippen LogP contribution in [-0.2, 0) is 6.54 Å². The average Bonchev–Trinajstić information content (AvgIpc) is 3.55. The van der Waals surface area contributed by atoms with E-state index >= 15 is 0 Å². The van der Waals surface area contributed by atoms with Crippen LogP contribution in [0.4, 0.5) is 14.9 Å². The van der Waals surface area contributed by atoms with Gasteiger partial charge in [0.05, 0.1) is 12.2 Å². The lowest BCUT2D eigenvalue weighted by Gasteiger charge is -2.21. The van der Waals surface area contributed by atoms with Crippen LogP contribution in [0.25, 0.3) is 0 Å². The SMILES string of the molecule is O=C(NC1CC1)c1coc(CN(C(=O)Nc2ccccc2F)C2CC2)n1. The van der Waals surface area contributed by atoms with Crippen LogP contribution in [0.1, 0.15) is 42.1 Å². The molecular formula is C18H19FN4O3. The zero-order valence-electron chi connectivity index (χ0n) is 14.1. The minimum absolute atomic E-state index is 0.0671. The van der Waals surface area contributed by atoms with Gasteiger partial charge in [0.2, 0.25) is 5.89 Å². The molecule has 1 aromatic heterocycles. The van der Waals surface area contributed by atoms with Crippen molar-refractivity contribution in [3.8, 4) is 0 Å². The molecule has 26 heavy (non-hydrogen) atoms. The van der Waals surface area contributed by atoms with Gasteiger partial charge in [-0.15, -0.1) is 0 Å². The van der Waals surface area contributed by atoms with E-state index in [-0.39, 0.29) is 41.8 Å². The first-order valence-corrected chi connectivity index (χ1v) is 8.67. The molecule has 2 fully saturated rings. The number of benzene rings is 1. The monoisotopic (exact) mass is 358 g/mol. The lowest BCUT2D eigenvalue weighted by atomic mass is 10.3. The standard InChI is InChI=1S/C18H19FN4O3/c19-13-3-1-2-4-14(13)22-18(25)23(12-7-8-12)9-16-21-15(10-26-16)17(24)20-11-5-6-11/h1-4,10-12H,5-9H2,(H,20,24)(H,22,25). The number of hydrogen-bond acceptors (Lipinski definition) is 4. The molecule has 2 aromatic rings. The molecule has 0 atom stereocenters. The fraction of sp³-hybridized carbons (Fsp3) is 0.389. The summed E-state index contributed by atoms with van der Waals surface area (Å²) in [6.45, 7) is 0.127. The highest BCUT2D eigenvalue weighted by Crippen LogP contribution is 2.29. The number of halogens is 1. The van der Waals surface area contributed by atoms with Gasteiger partial charge >= 0.3 is 6.03 Å². The summed E-state index contributed by atoms with van der Waals surface area (Å²) >= 11 is 0. The molecule has 0 saturated heterocycles. The number of amides is 3. The molecule has 2 aliphatic rings. The Bertz CT molecular complexity index is 829. The maximum Gasteiger partial charge on any atom is 0.322 e. The van der Waals surface area contributed by atoms with E-state index < -0.39 is 11.8 Å². The van der Waals surface area contributed by atoms with E-state index in [0.717, 1.165) is 25.7 Å². The Labute approximate surface area is 149 Å². The number of oxazole rings is 1. The second-order valence-electron chi connectivity index (χ2n) is 6.64. The molecule has 2 saturated carbocycles. The maximum absolute atomic E-state index is 13.7. The number of para-hydroxylation sites is 1. The Balaban J connectivity index is 1.42. The van der Waals surface area contributed by atoms with E-state index in [1.54, 1.807) is 17.0 Å². The lowest BCUT2D eigenvalue weighted by molar-refractivity contribution is 0.0946. The van der Waals surface area contributed by atoms with Gasteiger partial charge < -0.3 is 20.0 Å². The Hall–Kier alpha value is -2.90. The molecule has 0 spiro atoms. The van der Waals surface area contributed by atoms with E-state index in [9.17, 15) is 14.0 Å². The van der Waals surface area contributed by atoms with Gasteiger partial charge in [0.25, 0.3) is 5.91 Å². The normalized spacial score (nSPS) is 16.2. The molecule has 3 amide bonds. The molecule has 0 unspecified atom stereocenters. The number of rotatable bonds is 6. The second kappa shape index (κ2) is 6.78. The molecule has 0 bridgehead atoms. The largest absolute Gasteiger partial charge is 0.446 e. The smallest absolute Gasteiger partial charge is 0.322 e. The van der Waals surface area contributed by atoms with Gasteiger partial charge in [-0.1, -0.05) is 12.1 Å². The van der Waals surface area contributed by atoms with Gasteiger partial charge in [-0.05, 0) is 37.8 Å². The van der Waals surface area contributed by atoms with Crippen molar-refractivity contribution in [1.29, 1.82) is 0 Å². The molecular weight excluding hydrogens is 339 g/mol. The van der Waals surface area contributed by atoms with Crippen molar-refractivity contribution >= 4 is 17.6 Å². The van der Waals surface area contributed by atoms with Gasteiger partial charge in [0.15, 0.2) is 5.69 Å². The fourth-order valence-corrected chi connectivity index (χ4v) is 2.62. The number of carbonyl (C=O) groups is 2. The van der Waals surface area contributed by atoms with Gasteiger partial charge in [0, 0.05) is 12.1 Å². The first-order chi connectivity index (χ1) is 12.6. The lowest BCUT2D eigenvalue weighted by Crippen LogP contribution is -2.36. The maximum atomic E-state index is 13.7. The van der Waals surface area contributed by atoms with Crippen LogP contribution >= 0.6 is 0 Å². The van der Waals surface area contributed by atoms with Crippen molar-refractivity contribution in [2.45, 2.75) is 44.3 Å². The van der Waals surface area contributed by atoms with Gasteiger partial charge in [-0.25, -0.2) is 14.2 Å². The molecule has 1 heterocycles. The third-order valence-electron chi connectivity index (χ3n) is 4.37. The van der Waals surface area contributed by atoms with Crippen molar-refractivity contribution in [3.63, 3.8) is 0 Å². The quantitative estimate of drug-likeness (QED) is 0.831. The predicted octanol–water partition coefficient (Wildman–Crippen LogP) is 2.90. The van der Waals surface area contributed by atoms with Crippen molar-refractivity contribution in [2.75, 3.05) is 5.32 Å². The van der Waals surface area contributed by atoms with Gasteiger partial charge in [0.1, 0.15) is 12.1 Å². The second-order valence-corrected chi connectivity index (χ2v) is 6.64. The summed E-state index contributed by atoms with van der Waals surface area (Å²) in [5, 5.41) is 5.42. The van der Waals surface area contributed by atoms with Crippen molar-refractivity contribution < 1.29 is 18.4 Å². The zero-order chi connectivity index (χ0) is 18.1. The third kappa shape index (κ3) is 3.84. The number of carbonyl (C=O) groups excluding carboxylic acids is 2. The van der Waals surface area contributed by atoms with Crippen molar-refractivity contribution in [2.24, 2.45) is 0 Å². The number of urea groups is 1. The Kier molecular flexibility index (Phi) is 4.32. The summed E-state index contributed by atoms with van der Waals surface area (Å²) in [6.07, 6.45) is 5.03. The first-order valence-electron chi connectivity index (χ1n) is 8.67. The Morgan fingerprint density at radius 1 is 1.23 bits per heavy atom. The third-order valence-corrected chi connectivity index (χ3v) is 4.37. The highest BCUT2D eigenvalue weighted by Gasteiger charge is 2.34. The summed E-state index contributed by atoms with van der Waals surface area (Å²) in [6, 6.07) is 5.89. The minimum atomic E-state index is -0.494. The van der Waals surface area contributed by atoms with E-state index in [1.807, 2.05) is 0 Å². The van der Waals surface area contributed by atoms with Gasteiger partial charge in [-0.3, -0.25) is 4.79 Å². The zero-order valence-corrected chi connectivity index (χ0v) is 14.1. The van der Waals surface area contributed by atoms with Crippen molar-refractivity contribution in [3.05, 3.63) is 47.9 Å². The molecule has 8 heteroatoms.